The van der Waals surface area contributed by atoms with Crippen LogP contribution in [0.3, 0.4) is 0 Å². The molecule has 1 amide bonds. The zero-order valence-corrected chi connectivity index (χ0v) is 9.39. The lowest BCUT2D eigenvalue weighted by molar-refractivity contribution is -0.140. The molecule has 0 aliphatic heterocycles. The number of ether oxygens (including phenoxy) is 1. The fourth-order valence-corrected chi connectivity index (χ4v) is 1.29. The van der Waals surface area contributed by atoms with E-state index in [-0.39, 0.29) is 18.1 Å². The van der Waals surface area contributed by atoms with Crippen molar-refractivity contribution in [3.8, 4) is 0 Å². The van der Waals surface area contributed by atoms with Crippen LogP contribution in [-0.2, 0) is 9.53 Å². The van der Waals surface area contributed by atoms with Crippen molar-refractivity contribution in [2.24, 2.45) is 0 Å². The number of carbonyl (C=O) groups is 1. The molecule has 0 aromatic rings. The first-order chi connectivity index (χ1) is 5.93. The van der Waals surface area contributed by atoms with Crippen LogP contribution in [0.5, 0.6) is 0 Å². The van der Waals surface area contributed by atoms with E-state index in [0.29, 0.717) is 6.61 Å². The quantitative estimate of drug-likeness (QED) is 0.670. The molecule has 0 spiro atoms. The molecular weight excluding hydrogens is 166 g/mol. The van der Waals surface area contributed by atoms with E-state index in [0.717, 1.165) is 6.54 Å². The molecule has 0 aliphatic rings. The molecule has 0 atom stereocenters. The molecule has 0 aromatic heterocycles. The second-order valence-electron chi connectivity index (χ2n) is 3.95. The number of amides is 1. The van der Waals surface area contributed by atoms with Gasteiger partial charge in [-0.1, -0.05) is 0 Å². The molecule has 0 saturated carbocycles. The van der Waals surface area contributed by atoms with Crippen LogP contribution in [0.15, 0.2) is 0 Å². The summed E-state index contributed by atoms with van der Waals surface area (Å²) < 4.78 is 5.08. The van der Waals surface area contributed by atoms with E-state index in [2.05, 4.69) is 0 Å². The van der Waals surface area contributed by atoms with Crippen molar-refractivity contribution in [1.82, 2.24) is 4.90 Å². The molecule has 0 saturated heterocycles. The molecule has 0 aromatic carbocycles. The van der Waals surface area contributed by atoms with Crippen molar-refractivity contribution in [2.75, 3.05) is 19.8 Å². The summed E-state index contributed by atoms with van der Waals surface area (Å²) in [7, 11) is 0. The summed E-state index contributed by atoms with van der Waals surface area (Å²) in [6.45, 7) is 11.5. The van der Waals surface area contributed by atoms with Gasteiger partial charge in [0, 0.05) is 18.7 Å². The first-order valence-electron chi connectivity index (χ1n) is 4.81. The Kier molecular flexibility index (Phi) is 4.99. The van der Waals surface area contributed by atoms with Gasteiger partial charge in [0.25, 0.3) is 0 Å². The maximum absolute atomic E-state index is 11.6. The van der Waals surface area contributed by atoms with Crippen LogP contribution in [-0.4, -0.2) is 36.1 Å². The predicted molar refractivity (Wildman–Crippen MR) is 53.6 cm³/mol. The van der Waals surface area contributed by atoms with Crippen molar-refractivity contribution in [3.63, 3.8) is 0 Å². The SMILES string of the molecule is CCOCC(=O)N(CC)C(C)(C)C. The summed E-state index contributed by atoms with van der Waals surface area (Å²) in [6.07, 6.45) is 0. The number of rotatable bonds is 4. The Morgan fingerprint density at radius 2 is 1.85 bits per heavy atom. The number of carbonyl (C=O) groups excluding carboxylic acids is 1. The molecule has 0 aliphatic carbocycles. The molecular formula is C10H21NO2. The van der Waals surface area contributed by atoms with Crippen LogP contribution < -0.4 is 0 Å². The maximum atomic E-state index is 11.6. The van der Waals surface area contributed by atoms with Crippen LogP contribution in [0.1, 0.15) is 34.6 Å². The number of likely N-dealkylation sites (N-methyl/N-ethyl adjacent to an activating group) is 1. The third kappa shape index (κ3) is 4.27. The van der Waals surface area contributed by atoms with Gasteiger partial charge < -0.3 is 9.64 Å². The molecule has 0 unspecified atom stereocenters. The Hall–Kier alpha value is -0.570. The Bertz CT molecular complexity index is 161. The third-order valence-electron chi connectivity index (χ3n) is 1.86. The third-order valence-corrected chi connectivity index (χ3v) is 1.86. The largest absolute Gasteiger partial charge is 0.372 e. The summed E-state index contributed by atoms with van der Waals surface area (Å²) in [5, 5.41) is 0. The lowest BCUT2D eigenvalue weighted by atomic mass is 10.1. The zero-order valence-electron chi connectivity index (χ0n) is 9.39. The monoisotopic (exact) mass is 187 g/mol. The number of hydrogen-bond acceptors (Lipinski definition) is 2. The van der Waals surface area contributed by atoms with E-state index in [1.54, 1.807) is 0 Å². The predicted octanol–water partition coefficient (Wildman–Crippen LogP) is 1.67. The van der Waals surface area contributed by atoms with E-state index in [1.165, 1.54) is 0 Å². The zero-order chi connectivity index (χ0) is 10.5. The summed E-state index contributed by atoms with van der Waals surface area (Å²) in [4.78, 5) is 13.4. The maximum Gasteiger partial charge on any atom is 0.248 e. The van der Waals surface area contributed by atoms with Crippen LogP contribution in [0.4, 0.5) is 0 Å². The standard InChI is InChI=1S/C10H21NO2/c1-6-11(10(3,4)5)9(12)8-13-7-2/h6-8H2,1-5H3. The van der Waals surface area contributed by atoms with Crippen molar-refractivity contribution in [2.45, 2.75) is 40.2 Å². The first kappa shape index (κ1) is 12.4. The van der Waals surface area contributed by atoms with Crippen molar-refractivity contribution in [1.29, 1.82) is 0 Å². The Morgan fingerprint density at radius 1 is 1.31 bits per heavy atom. The molecule has 0 fully saturated rings. The van der Waals surface area contributed by atoms with E-state index in [4.69, 9.17) is 4.74 Å². The van der Waals surface area contributed by atoms with Crippen LogP contribution in [0.2, 0.25) is 0 Å². The van der Waals surface area contributed by atoms with Crippen LogP contribution in [0, 0.1) is 0 Å². The molecule has 3 nitrogen and oxygen atoms in total. The average molecular weight is 187 g/mol. The molecule has 78 valence electrons. The molecule has 0 bridgehead atoms. The van der Waals surface area contributed by atoms with Crippen molar-refractivity contribution >= 4 is 5.91 Å². The minimum atomic E-state index is -0.108. The van der Waals surface area contributed by atoms with Gasteiger partial charge in [-0.25, -0.2) is 0 Å². The molecule has 0 radical (unpaired) electrons. The van der Waals surface area contributed by atoms with Crippen molar-refractivity contribution < 1.29 is 9.53 Å². The summed E-state index contributed by atoms with van der Waals surface area (Å²) in [5.41, 5.74) is -0.108. The molecule has 0 heterocycles. The van der Waals surface area contributed by atoms with Gasteiger partial charge in [0.2, 0.25) is 5.91 Å². The van der Waals surface area contributed by atoms with Gasteiger partial charge in [0.1, 0.15) is 6.61 Å². The fraction of sp³-hybridized carbons (Fsp3) is 0.900. The highest BCUT2D eigenvalue weighted by Crippen LogP contribution is 2.12. The lowest BCUT2D eigenvalue weighted by Gasteiger charge is -2.34. The van der Waals surface area contributed by atoms with E-state index in [1.807, 2.05) is 39.5 Å². The van der Waals surface area contributed by atoms with Gasteiger partial charge in [0.05, 0.1) is 0 Å². The Morgan fingerprint density at radius 3 is 2.15 bits per heavy atom. The van der Waals surface area contributed by atoms with Crippen molar-refractivity contribution in [3.05, 3.63) is 0 Å². The second-order valence-corrected chi connectivity index (χ2v) is 3.95. The van der Waals surface area contributed by atoms with Gasteiger partial charge in [0.15, 0.2) is 0 Å². The highest BCUT2D eigenvalue weighted by Gasteiger charge is 2.24. The van der Waals surface area contributed by atoms with E-state index < -0.39 is 0 Å². The highest BCUT2D eigenvalue weighted by atomic mass is 16.5. The molecule has 13 heavy (non-hydrogen) atoms. The van der Waals surface area contributed by atoms with Gasteiger partial charge in [-0.05, 0) is 34.6 Å². The minimum Gasteiger partial charge on any atom is -0.372 e. The first-order valence-corrected chi connectivity index (χ1v) is 4.81. The van der Waals surface area contributed by atoms with Gasteiger partial charge >= 0.3 is 0 Å². The second kappa shape index (κ2) is 5.22. The number of nitrogens with zero attached hydrogens (tertiary/aromatic N) is 1. The average Bonchev–Trinajstić information content (AvgIpc) is 1.99. The van der Waals surface area contributed by atoms with Gasteiger partial charge in [-0.15, -0.1) is 0 Å². The smallest absolute Gasteiger partial charge is 0.248 e. The lowest BCUT2D eigenvalue weighted by Crippen LogP contribution is -2.47. The van der Waals surface area contributed by atoms with E-state index in [9.17, 15) is 4.79 Å². The Labute approximate surface area is 81.1 Å². The molecule has 0 N–H and O–H groups in total. The fourth-order valence-electron chi connectivity index (χ4n) is 1.29. The summed E-state index contributed by atoms with van der Waals surface area (Å²) in [6, 6.07) is 0. The van der Waals surface area contributed by atoms with E-state index >= 15 is 0 Å². The highest BCUT2D eigenvalue weighted by molar-refractivity contribution is 5.78. The van der Waals surface area contributed by atoms with Crippen LogP contribution >= 0.6 is 0 Å². The minimum absolute atomic E-state index is 0.0665. The topological polar surface area (TPSA) is 29.5 Å². The molecule has 3 heteroatoms. The Balaban J connectivity index is 4.16. The summed E-state index contributed by atoms with van der Waals surface area (Å²) in [5.74, 6) is 0.0665. The normalized spacial score (nSPS) is 11.5. The van der Waals surface area contributed by atoms with Gasteiger partial charge in [-0.3, -0.25) is 4.79 Å². The summed E-state index contributed by atoms with van der Waals surface area (Å²) >= 11 is 0. The molecule has 0 rings (SSSR count). The number of hydrogen-bond donors (Lipinski definition) is 0. The van der Waals surface area contributed by atoms with Crippen LogP contribution in [0.25, 0.3) is 0 Å². The van der Waals surface area contributed by atoms with Gasteiger partial charge in [-0.2, -0.15) is 0 Å².